The highest BCUT2D eigenvalue weighted by Crippen LogP contribution is 2.26. The first-order valence-corrected chi connectivity index (χ1v) is 9.34. The maximum atomic E-state index is 12.0. The van der Waals surface area contributed by atoms with Crippen molar-refractivity contribution in [2.45, 2.75) is 32.0 Å². The van der Waals surface area contributed by atoms with Gasteiger partial charge in [-0.15, -0.1) is 0 Å². The highest BCUT2D eigenvalue weighted by atomic mass is 19.4. The molecular formula is C20H22F3N3O5. The van der Waals surface area contributed by atoms with Gasteiger partial charge in [-0.3, -0.25) is 4.79 Å². The second-order valence-electron chi connectivity index (χ2n) is 6.92. The molecule has 11 heteroatoms. The highest BCUT2D eigenvalue weighted by Gasteiger charge is 2.38. The number of nitrogens with one attached hydrogen (secondary N) is 1. The Morgan fingerprint density at radius 3 is 2.23 bits per heavy atom. The Hall–Kier alpha value is -3.34. The number of aromatic amines is 1. The smallest absolute Gasteiger partial charge is 0.477 e. The van der Waals surface area contributed by atoms with Gasteiger partial charge in [0.05, 0.1) is 5.69 Å². The maximum absolute atomic E-state index is 12.0. The molecule has 1 atom stereocenters. The zero-order valence-corrected chi connectivity index (χ0v) is 16.6. The average Bonchev–Trinajstić information content (AvgIpc) is 3.13. The second kappa shape index (κ2) is 9.65. The van der Waals surface area contributed by atoms with E-state index in [1.54, 1.807) is 0 Å². The van der Waals surface area contributed by atoms with Crippen LogP contribution in [-0.2, 0) is 11.2 Å². The highest BCUT2D eigenvalue weighted by molar-refractivity contribution is 5.88. The van der Waals surface area contributed by atoms with Crippen molar-refractivity contribution in [3.05, 3.63) is 51.8 Å². The molecule has 1 aliphatic rings. The van der Waals surface area contributed by atoms with Gasteiger partial charge in [-0.25, -0.2) is 9.59 Å². The lowest BCUT2D eigenvalue weighted by atomic mass is 10.0. The van der Waals surface area contributed by atoms with Crippen molar-refractivity contribution >= 4 is 17.6 Å². The molecule has 168 valence electrons. The quantitative estimate of drug-likeness (QED) is 0.572. The molecule has 31 heavy (non-hydrogen) atoms. The first-order valence-electron chi connectivity index (χ1n) is 9.34. The molecular weight excluding hydrogens is 419 g/mol. The molecule has 0 spiro atoms. The summed E-state index contributed by atoms with van der Waals surface area (Å²) in [4.78, 5) is 37.0. The Balaban J connectivity index is 0.000000423. The fourth-order valence-corrected chi connectivity index (χ4v) is 3.13. The fraction of sp³-hybridized carbons (Fsp3) is 0.350. The van der Waals surface area contributed by atoms with Gasteiger partial charge in [0, 0.05) is 24.8 Å². The molecule has 0 saturated carbocycles. The molecule has 0 amide bonds. The van der Waals surface area contributed by atoms with Crippen LogP contribution in [0.25, 0.3) is 11.3 Å². The molecule has 1 aliphatic heterocycles. The number of H-pyrrole nitrogens is 1. The summed E-state index contributed by atoms with van der Waals surface area (Å²) < 4.78 is 31.7. The van der Waals surface area contributed by atoms with Crippen molar-refractivity contribution in [1.82, 2.24) is 4.98 Å². The Labute approximate surface area is 175 Å². The number of benzene rings is 1. The second-order valence-corrected chi connectivity index (χ2v) is 6.92. The number of aromatic carboxylic acids is 1. The van der Waals surface area contributed by atoms with Crippen molar-refractivity contribution in [3.8, 4) is 11.3 Å². The number of aryl methyl sites for hydroxylation is 1. The summed E-state index contributed by atoms with van der Waals surface area (Å²) in [5.41, 5.74) is 8.60. The molecule has 3 rings (SSSR count). The van der Waals surface area contributed by atoms with E-state index in [1.807, 2.05) is 31.2 Å². The normalized spacial score (nSPS) is 15.9. The van der Waals surface area contributed by atoms with Crippen LogP contribution in [0.4, 0.5) is 18.9 Å². The summed E-state index contributed by atoms with van der Waals surface area (Å²) in [6.07, 6.45) is -3.46. The third kappa shape index (κ3) is 6.07. The van der Waals surface area contributed by atoms with Gasteiger partial charge in [0.25, 0.3) is 5.56 Å². The SMILES string of the molecule is CCc1cc(C(=O)O)c(=O)[nH]c1-c1ccc(N2CCC(N)C2)cc1.O=C(O)C(F)(F)F. The van der Waals surface area contributed by atoms with Crippen LogP contribution >= 0.6 is 0 Å². The third-order valence-electron chi connectivity index (χ3n) is 4.72. The molecule has 1 saturated heterocycles. The summed E-state index contributed by atoms with van der Waals surface area (Å²) >= 11 is 0. The zero-order valence-electron chi connectivity index (χ0n) is 16.6. The van der Waals surface area contributed by atoms with Crippen molar-refractivity contribution in [1.29, 1.82) is 0 Å². The summed E-state index contributed by atoms with van der Waals surface area (Å²) in [6, 6.07) is 9.60. The number of pyridine rings is 1. The monoisotopic (exact) mass is 441 g/mol. The topological polar surface area (TPSA) is 137 Å². The number of aliphatic carboxylic acids is 1. The van der Waals surface area contributed by atoms with Gasteiger partial charge in [0.2, 0.25) is 0 Å². The Bertz CT molecular complexity index is 1000. The van der Waals surface area contributed by atoms with Crippen molar-refractivity contribution in [3.63, 3.8) is 0 Å². The lowest BCUT2D eigenvalue weighted by molar-refractivity contribution is -0.192. The number of aromatic nitrogens is 1. The van der Waals surface area contributed by atoms with Gasteiger partial charge in [-0.05, 0) is 42.2 Å². The first kappa shape index (κ1) is 23.9. The van der Waals surface area contributed by atoms with Crippen LogP contribution in [0.3, 0.4) is 0 Å². The number of nitrogens with zero attached hydrogens (tertiary/aromatic N) is 1. The molecule has 1 aromatic heterocycles. The lowest BCUT2D eigenvalue weighted by Crippen LogP contribution is -2.26. The van der Waals surface area contributed by atoms with E-state index in [9.17, 15) is 22.8 Å². The van der Waals surface area contributed by atoms with E-state index in [0.717, 1.165) is 36.3 Å². The number of nitrogens with two attached hydrogens (primary N) is 1. The number of hydrogen-bond donors (Lipinski definition) is 4. The largest absolute Gasteiger partial charge is 0.490 e. The van der Waals surface area contributed by atoms with Gasteiger partial charge in [0.15, 0.2) is 0 Å². The number of rotatable bonds is 4. The molecule has 8 nitrogen and oxygen atoms in total. The predicted molar refractivity (Wildman–Crippen MR) is 107 cm³/mol. The number of hydrogen-bond acceptors (Lipinski definition) is 5. The van der Waals surface area contributed by atoms with Gasteiger partial charge < -0.3 is 25.8 Å². The summed E-state index contributed by atoms with van der Waals surface area (Å²) in [5.74, 6) is -3.97. The molecule has 2 heterocycles. The van der Waals surface area contributed by atoms with E-state index < -0.39 is 23.7 Å². The van der Waals surface area contributed by atoms with Gasteiger partial charge >= 0.3 is 18.1 Å². The molecule has 0 radical (unpaired) electrons. The predicted octanol–water partition coefficient (Wildman–Crippen LogP) is 2.47. The number of alkyl halides is 3. The van der Waals surface area contributed by atoms with Crippen LogP contribution in [0.2, 0.25) is 0 Å². The standard InChI is InChI=1S/C18H21N3O3.C2HF3O2/c1-2-11-9-15(18(23)24)17(22)20-16(11)12-3-5-14(6-4-12)21-8-7-13(19)10-21;3-2(4,5)1(6)7/h3-6,9,13H,2,7-8,10,19H2,1H3,(H,20,22)(H,23,24);(H,6,7). The van der Waals surface area contributed by atoms with E-state index in [1.165, 1.54) is 6.07 Å². The van der Waals surface area contributed by atoms with Gasteiger partial charge in [0.1, 0.15) is 5.56 Å². The summed E-state index contributed by atoms with van der Waals surface area (Å²) in [5, 5.41) is 16.2. The van der Waals surface area contributed by atoms with Gasteiger partial charge in [-0.1, -0.05) is 19.1 Å². The summed E-state index contributed by atoms with van der Waals surface area (Å²) in [6.45, 7) is 3.73. The van der Waals surface area contributed by atoms with Crippen LogP contribution in [0.15, 0.2) is 35.1 Å². The zero-order chi connectivity index (χ0) is 23.3. The minimum absolute atomic E-state index is 0.219. The number of carboxylic acid groups (broad SMARTS) is 2. The number of carbonyl (C=O) groups is 2. The molecule has 0 aliphatic carbocycles. The van der Waals surface area contributed by atoms with Gasteiger partial charge in [-0.2, -0.15) is 13.2 Å². The maximum Gasteiger partial charge on any atom is 0.490 e. The van der Waals surface area contributed by atoms with Crippen molar-refractivity contribution in [2.24, 2.45) is 5.73 Å². The van der Waals surface area contributed by atoms with Crippen LogP contribution in [-0.4, -0.2) is 52.4 Å². The van der Waals surface area contributed by atoms with E-state index in [4.69, 9.17) is 20.7 Å². The number of halogens is 3. The molecule has 0 bridgehead atoms. The van der Waals surface area contributed by atoms with E-state index in [2.05, 4.69) is 9.88 Å². The Kier molecular flexibility index (Phi) is 7.45. The van der Waals surface area contributed by atoms with Crippen LogP contribution < -0.4 is 16.2 Å². The Morgan fingerprint density at radius 2 is 1.81 bits per heavy atom. The van der Waals surface area contributed by atoms with Crippen LogP contribution in [0.5, 0.6) is 0 Å². The molecule has 5 N–H and O–H groups in total. The van der Waals surface area contributed by atoms with Crippen molar-refractivity contribution in [2.75, 3.05) is 18.0 Å². The molecule has 2 aromatic rings. The number of carboxylic acids is 2. The van der Waals surface area contributed by atoms with Crippen LogP contribution in [0, 0.1) is 0 Å². The van der Waals surface area contributed by atoms with Crippen LogP contribution in [0.1, 0.15) is 29.3 Å². The van der Waals surface area contributed by atoms with E-state index >= 15 is 0 Å². The minimum atomic E-state index is -5.08. The molecule has 1 unspecified atom stereocenters. The lowest BCUT2D eigenvalue weighted by Gasteiger charge is -2.18. The first-order chi connectivity index (χ1) is 14.4. The Morgan fingerprint density at radius 1 is 1.23 bits per heavy atom. The van der Waals surface area contributed by atoms with E-state index in [-0.39, 0.29) is 11.6 Å². The molecule has 1 aromatic carbocycles. The molecule has 1 fully saturated rings. The average molecular weight is 441 g/mol. The fourth-order valence-electron chi connectivity index (χ4n) is 3.13. The number of anilines is 1. The third-order valence-corrected chi connectivity index (χ3v) is 4.72. The summed E-state index contributed by atoms with van der Waals surface area (Å²) in [7, 11) is 0. The van der Waals surface area contributed by atoms with E-state index in [0.29, 0.717) is 12.1 Å². The minimum Gasteiger partial charge on any atom is -0.477 e. The van der Waals surface area contributed by atoms with Crippen molar-refractivity contribution < 1.29 is 33.0 Å².